The van der Waals surface area contributed by atoms with Gasteiger partial charge in [-0.15, -0.1) is 0 Å². The Morgan fingerprint density at radius 1 is 1.12 bits per heavy atom. The van der Waals surface area contributed by atoms with Crippen LogP contribution in [0, 0.1) is 11.8 Å². The molecule has 2 unspecified atom stereocenters. The fraction of sp³-hybridized carbons (Fsp3) is 0.400. The van der Waals surface area contributed by atoms with E-state index in [2.05, 4.69) is 17.0 Å². The topological polar surface area (TPSA) is 79.8 Å². The Morgan fingerprint density at radius 2 is 1.88 bits per heavy atom. The highest BCUT2D eigenvalue weighted by Gasteiger charge is 2.41. The van der Waals surface area contributed by atoms with Crippen LogP contribution in [0.4, 0.5) is 5.69 Å². The van der Waals surface area contributed by atoms with Crippen molar-refractivity contribution >= 4 is 17.5 Å². The van der Waals surface area contributed by atoms with Gasteiger partial charge in [0.05, 0.1) is 11.8 Å². The fourth-order valence-electron chi connectivity index (χ4n) is 4.11. The molecule has 0 bridgehead atoms. The lowest BCUT2D eigenvalue weighted by molar-refractivity contribution is -0.117. The van der Waals surface area contributed by atoms with Gasteiger partial charge in [0, 0.05) is 50.1 Å². The SMILES string of the molecule is NC(=O)CCc1cccc(N2CC3CN(C(=O)c4ccoc4)CC3C2)c1. The quantitative estimate of drug-likeness (QED) is 0.890. The van der Waals surface area contributed by atoms with Gasteiger partial charge in [0.15, 0.2) is 0 Å². The third-order valence-electron chi connectivity index (χ3n) is 5.48. The molecule has 6 heteroatoms. The molecule has 2 aromatic rings. The number of nitrogens with zero attached hydrogens (tertiary/aromatic N) is 2. The van der Waals surface area contributed by atoms with Crippen molar-refractivity contribution in [3.63, 3.8) is 0 Å². The number of likely N-dealkylation sites (tertiary alicyclic amines) is 1. The molecule has 2 amide bonds. The molecule has 2 aliphatic rings. The maximum Gasteiger partial charge on any atom is 0.257 e. The molecule has 0 radical (unpaired) electrons. The Bertz CT molecular complexity index is 788. The number of hydrogen-bond acceptors (Lipinski definition) is 4. The molecule has 1 aromatic carbocycles. The summed E-state index contributed by atoms with van der Waals surface area (Å²) in [6, 6.07) is 10.1. The predicted molar refractivity (Wildman–Crippen MR) is 97.8 cm³/mol. The van der Waals surface area contributed by atoms with Crippen LogP contribution >= 0.6 is 0 Å². The minimum Gasteiger partial charge on any atom is -0.472 e. The summed E-state index contributed by atoms with van der Waals surface area (Å²) >= 11 is 0. The van der Waals surface area contributed by atoms with E-state index < -0.39 is 0 Å². The highest BCUT2D eigenvalue weighted by Crippen LogP contribution is 2.34. The zero-order chi connectivity index (χ0) is 18.1. The first-order valence-corrected chi connectivity index (χ1v) is 9.04. The van der Waals surface area contributed by atoms with E-state index in [0.717, 1.165) is 31.7 Å². The molecule has 0 spiro atoms. The number of furan rings is 1. The molecule has 0 saturated carbocycles. The number of benzene rings is 1. The van der Waals surface area contributed by atoms with Crippen molar-refractivity contribution in [1.82, 2.24) is 4.90 Å². The van der Waals surface area contributed by atoms with Gasteiger partial charge in [-0.3, -0.25) is 9.59 Å². The Balaban J connectivity index is 1.38. The Hall–Kier alpha value is -2.76. The van der Waals surface area contributed by atoms with E-state index in [1.807, 2.05) is 17.0 Å². The van der Waals surface area contributed by atoms with E-state index in [9.17, 15) is 9.59 Å². The van der Waals surface area contributed by atoms with Gasteiger partial charge in [-0.25, -0.2) is 0 Å². The predicted octanol–water partition coefficient (Wildman–Crippen LogP) is 1.91. The largest absolute Gasteiger partial charge is 0.472 e. The summed E-state index contributed by atoms with van der Waals surface area (Å²) in [5, 5.41) is 0. The summed E-state index contributed by atoms with van der Waals surface area (Å²) in [4.78, 5) is 27.8. The number of carbonyl (C=O) groups is 2. The van der Waals surface area contributed by atoms with E-state index in [4.69, 9.17) is 10.2 Å². The monoisotopic (exact) mass is 353 g/mol. The van der Waals surface area contributed by atoms with Gasteiger partial charge in [-0.1, -0.05) is 12.1 Å². The molecule has 2 N–H and O–H groups in total. The average molecular weight is 353 g/mol. The summed E-state index contributed by atoms with van der Waals surface area (Å²) in [7, 11) is 0. The summed E-state index contributed by atoms with van der Waals surface area (Å²) in [5.74, 6) is 0.793. The molecule has 3 heterocycles. The maximum absolute atomic E-state index is 12.5. The van der Waals surface area contributed by atoms with Crippen LogP contribution in [-0.4, -0.2) is 42.9 Å². The molecular weight excluding hydrogens is 330 g/mol. The van der Waals surface area contributed by atoms with Gasteiger partial charge >= 0.3 is 0 Å². The van der Waals surface area contributed by atoms with Gasteiger partial charge in [-0.05, 0) is 30.2 Å². The second-order valence-electron chi connectivity index (χ2n) is 7.28. The molecule has 1 aromatic heterocycles. The molecule has 2 atom stereocenters. The van der Waals surface area contributed by atoms with Crippen LogP contribution in [0.3, 0.4) is 0 Å². The second-order valence-corrected chi connectivity index (χ2v) is 7.28. The summed E-state index contributed by atoms with van der Waals surface area (Å²) in [6.45, 7) is 3.51. The second kappa shape index (κ2) is 6.86. The van der Waals surface area contributed by atoms with Gasteiger partial charge in [-0.2, -0.15) is 0 Å². The number of amides is 2. The summed E-state index contributed by atoms with van der Waals surface area (Å²) in [5.41, 5.74) is 8.20. The molecule has 0 aliphatic carbocycles. The van der Waals surface area contributed by atoms with E-state index >= 15 is 0 Å². The molecule has 4 rings (SSSR count). The van der Waals surface area contributed by atoms with Crippen LogP contribution in [0.5, 0.6) is 0 Å². The smallest absolute Gasteiger partial charge is 0.257 e. The van der Waals surface area contributed by atoms with Crippen LogP contribution in [0.15, 0.2) is 47.3 Å². The number of hydrogen-bond donors (Lipinski definition) is 1. The first kappa shape index (κ1) is 16.7. The normalized spacial score (nSPS) is 21.8. The van der Waals surface area contributed by atoms with Crippen molar-refractivity contribution in [2.75, 3.05) is 31.1 Å². The minimum absolute atomic E-state index is 0.0631. The number of nitrogens with two attached hydrogens (primary N) is 1. The lowest BCUT2D eigenvalue weighted by Gasteiger charge is -2.23. The Kier molecular flexibility index (Phi) is 4.41. The van der Waals surface area contributed by atoms with Crippen molar-refractivity contribution in [2.45, 2.75) is 12.8 Å². The zero-order valence-electron chi connectivity index (χ0n) is 14.6. The van der Waals surface area contributed by atoms with E-state index in [1.54, 1.807) is 6.07 Å². The first-order valence-electron chi connectivity index (χ1n) is 9.04. The lowest BCUT2D eigenvalue weighted by atomic mass is 10.0. The van der Waals surface area contributed by atoms with Crippen LogP contribution < -0.4 is 10.6 Å². The summed E-state index contributed by atoms with van der Waals surface area (Å²) in [6.07, 6.45) is 4.11. The first-order chi connectivity index (χ1) is 12.6. The molecular formula is C20H23N3O3. The summed E-state index contributed by atoms with van der Waals surface area (Å²) < 4.78 is 5.03. The highest BCUT2D eigenvalue weighted by atomic mass is 16.3. The van der Waals surface area contributed by atoms with Crippen molar-refractivity contribution in [3.8, 4) is 0 Å². The molecule has 2 fully saturated rings. The molecule has 2 saturated heterocycles. The van der Waals surface area contributed by atoms with E-state index in [-0.39, 0.29) is 11.8 Å². The number of rotatable bonds is 5. The fourth-order valence-corrected chi connectivity index (χ4v) is 4.11. The minimum atomic E-state index is -0.270. The number of aryl methyl sites for hydroxylation is 1. The van der Waals surface area contributed by atoms with E-state index in [0.29, 0.717) is 30.2 Å². The molecule has 26 heavy (non-hydrogen) atoms. The van der Waals surface area contributed by atoms with Crippen LogP contribution in [0.1, 0.15) is 22.3 Å². The van der Waals surface area contributed by atoms with Gasteiger partial charge in [0.1, 0.15) is 6.26 Å². The third-order valence-corrected chi connectivity index (χ3v) is 5.48. The molecule has 136 valence electrons. The molecule has 6 nitrogen and oxygen atoms in total. The van der Waals surface area contributed by atoms with Crippen LogP contribution in [0.2, 0.25) is 0 Å². The zero-order valence-corrected chi connectivity index (χ0v) is 14.6. The van der Waals surface area contributed by atoms with E-state index in [1.165, 1.54) is 18.2 Å². The lowest BCUT2D eigenvalue weighted by Crippen LogP contribution is -2.33. The van der Waals surface area contributed by atoms with Gasteiger partial charge < -0.3 is 20.0 Å². The standard InChI is InChI=1S/C20H23N3O3/c21-19(24)5-4-14-2-1-3-18(8-14)22-9-16-11-23(12-17(16)10-22)20(25)15-6-7-26-13-15/h1-3,6-8,13,16-17H,4-5,9-12H2,(H2,21,24). The van der Waals surface area contributed by atoms with Crippen molar-refractivity contribution in [2.24, 2.45) is 17.6 Å². The van der Waals surface area contributed by atoms with Gasteiger partial charge in [0.25, 0.3) is 5.91 Å². The number of primary amides is 1. The number of anilines is 1. The van der Waals surface area contributed by atoms with Gasteiger partial charge in [0.2, 0.25) is 5.91 Å². The van der Waals surface area contributed by atoms with Crippen molar-refractivity contribution in [3.05, 3.63) is 54.0 Å². The number of carbonyl (C=O) groups excluding carboxylic acids is 2. The Morgan fingerprint density at radius 3 is 2.54 bits per heavy atom. The highest BCUT2D eigenvalue weighted by molar-refractivity contribution is 5.94. The Labute approximate surface area is 152 Å². The van der Waals surface area contributed by atoms with Crippen molar-refractivity contribution in [1.29, 1.82) is 0 Å². The molecule has 2 aliphatic heterocycles. The van der Waals surface area contributed by atoms with Crippen molar-refractivity contribution < 1.29 is 14.0 Å². The number of fused-ring (bicyclic) bond motifs is 1. The maximum atomic E-state index is 12.5. The van der Waals surface area contributed by atoms with Crippen LogP contribution in [-0.2, 0) is 11.2 Å². The third kappa shape index (κ3) is 3.31. The average Bonchev–Trinajstić information content (AvgIpc) is 3.35. The van der Waals surface area contributed by atoms with Crippen LogP contribution in [0.25, 0.3) is 0 Å².